The third-order valence-corrected chi connectivity index (χ3v) is 5.48. The average Bonchev–Trinajstić information content (AvgIpc) is 2.71. The van der Waals surface area contributed by atoms with Gasteiger partial charge in [-0.15, -0.1) is 0 Å². The first-order valence-electron chi connectivity index (χ1n) is 9.66. The fourth-order valence-corrected chi connectivity index (χ4v) is 4.20. The van der Waals surface area contributed by atoms with Crippen molar-refractivity contribution in [2.75, 3.05) is 0 Å². The van der Waals surface area contributed by atoms with Gasteiger partial charge in [0.1, 0.15) is 6.61 Å². The van der Waals surface area contributed by atoms with Gasteiger partial charge >= 0.3 is 12.3 Å². The van der Waals surface area contributed by atoms with Crippen molar-refractivity contribution in [1.29, 1.82) is 0 Å². The third-order valence-electron chi connectivity index (χ3n) is 5.48. The van der Waals surface area contributed by atoms with Gasteiger partial charge in [0.05, 0.1) is 6.04 Å². The normalized spacial score (nSPS) is 21.5. The van der Waals surface area contributed by atoms with Crippen molar-refractivity contribution >= 4 is 11.7 Å². The van der Waals surface area contributed by atoms with Crippen molar-refractivity contribution in [3.63, 3.8) is 0 Å². The van der Waals surface area contributed by atoms with Crippen LogP contribution in [0.1, 0.15) is 42.5 Å². The van der Waals surface area contributed by atoms with Crippen LogP contribution in [-0.2, 0) is 17.5 Å². The van der Waals surface area contributed by atoms with E-state index in [2.05, 4.69) is 4.98 Å². The molecule has 0 N–H and O–H groups in total. The summed E-state index contributed by atoms with van der Waals surface area (Å²) >= 11 is 0. The number of rotatable bonds is 3. The smallest absolute Gasteiger partial charge is 0.433 e. The Balaban J connectivity index is 1.56. The molecule has 2 aliphatic rings. The van der Waals surface area contributed by atoms with Gasteiger partial charge in [0.15, 0.2) is 5.69 Å². The van der Waals surface area contributed by atoms with Crippen molar-refractivity contribution in [1.82, 2.24) is 9.88 Å². The summed E-state index contributed by atoms with van der Waals surface area (Å²) in [7, 11) is 0. The Morgan fingerprint density at radius 3 is 2.66 bits per heavy atom. The zero-order chi connectivity index (χ0) is 20.4. The van der Waals surface area contributed by atoms with E-state index in [-0.39, 0.29) is 24.3 Å². The number of hydrogen-bond acceptors (Lipinski definition) is 3. The maximum absolute atomic E-state index is 13.4. The zero-order valence-corrected chi connectivity index (χ0v) is 15.7. The minimum Gasteiger partial charge on any atom is -0.445 e. The number of alkyl halides is 3. The third kappa shape index (κ3) is 4.13. The number of ether oxygens (including phenoxy) is 1. The molecule has 7 heteroatoms. The maximum Gasteiger partial charge on any atom is 0.433 e. The van der Waals surface area contributed by atoms with Gasteiger partial charge in [-0.25, -0.2) is 4.79 Å². The monoisotopic (exact) mass is 402 g/mol. The number of fused-ring (bicyclic) bond motifs is 2. The molecule has 2 bridgehead atoms. The van der Waals surface area contributed by atoms with Crippen molar-refractivity contribution in [3.8, 4) is 0 Å². The Kier molecular flexibility index (Phi) is 5.30. The van der Waals surface area contributed by atoms with Crippen LogP contribution in [0.25, 0.3) is 5.57 Å². The van der Waals surface area contributed by atoms with Crippen LogP contribution in [0.2, 0.25) is 0 Å². The maximum atomic E-state index is 13.4. The van der Waals surface area contributed by atoms with Crippen LogP contribution in [-0.4, -0.2) is 28.1 Å². The van der Waals surface area contributed by atoms with E-state index >= 15 is 0 Å². The number of nitrogens with zero attached hydrogens (tertiary/aromatic N) is 2. The minimum atomic E-state index is -4.52. The lowest BCUT2D eigenvalue weighted by atomic mass is 9.82. The van der Waals surface area contributed by atoms with Crippen molar-refractivity contribution < 1.29 is 22.7 Å². The Labute approximate surface area is 167 Å². The number of piperidine rings is 1. The summed E-state index contributed by atoms with van der Waals surface area (Å²) in [6, 6.07) is 11.9. The molecule has 2 aliphatic heterocycles. The van der Waals surface area contributed by atoms with E-state index in [0.29, 0.717) is 18.4 Å². The fourth-order valence-electron chi connectivity index (χ4n) is 4.20. The highest BCUT2D eigenvalue weighted by Gasteiger charge is 2.41. The van der Waals surface area contributed by atoms with E-state index < -0.39 is 18.0 Å². The van der Waals surface area contributed by atoms with Crippen LogP contribution in [0.3, 0.4) is 0 Å². The topological polar surface area (TPSA) is 42.4 Å². The number of aromatic nitrogens is 1. The van der Waals surface area contributed by atoms with Crippen molar-refractivity contribution in [2.24, 2.45) is 0 Å². The molecule has 1 amide bonds. The highest BCUT2D eigenvalue weighted by molar-refractivity contribution is 5.75. The summed E-state index contributed by atoms with van der Waals surface area (Å²) in [5, 5.41) is 0. The molecule has 1 saturated heterocycles. The molecule has 1 fully saturated rings. The van der Waals surface area contributed by atoms with Crippen LogP contribution >= 0.6 is 0 Å². The van der Waals surface area contributed by atoms with Gasteiger partial charge < -0.3 is 4.74 Å². The summed E-state index contributed by atoms with van der Waals surface area (Å²) in [6.45, 7) is 0.174. The molecule has 29 heavy (non-hydrogen) atoms. The molecule has 2 atom stereocenters. The van der Waals surface area contributed by atoms with Gasteiger partial charge in [-0.05, 0) is 42.9 Å². The molecular weight excluding hydrogens is 381 g/mol. The van der Waals surface area contributed by atoms with Crippen LogP contribution in [0.4, 0.5) is 18.0 Å². The predicted octanol–water partition coefficient (Wildman–Crippen LogP) is 5.45. The highest BCUT2D eigenvalue weighted by Crippen LogP contribution is 2.41. The number of pyridine rings is 1. The molecular formula is C22H21F3N2O2. The van der Waals surface area contributed by atoms with Gasteiger partial charge in [-0.3, -0.25) is 9.88 Å². The summed E-state index contributed by atoms with van der Waals surface area (Å²) < 4.78 is 45.6. The molecule has 0 saturated carbocycles. The molecule has 3 heterocycles. The lowest BCUT2D eigenvalue weighted by molar-refractivity contribution is -0.141. The molecule has 0 radical (unpaired) electrons. The number of hydrogen-bond donors (Lipinski definition) is 0. The Morgan fingerprint density at radius 2 is 1.93 bits per heavy atom. The summed E-state index contributed by atoms with van der Waals surface area (Å²) in [5.74, 6) is 0. The lowest BCUT2D eigenvalue weighted by Gasteiger charge is -2.44. The van der Waals surface area contributed by atoms with Gasteiger partial charge in [-0.2, -0.15) is 13.2 Å². The molecule has 1 aromatic carbocycles. The Morgan fingerprint density at radius 1 is 1.14 bits per heavy atom. The largest absolute Gasteiger partial charge is 0.445 e. The van der Waals surface area contributed by atoms with E-state index in [1.165, 1.54) is 12.1 Å². The van der Waals surface area contributed by atoms with Gasteiger partial charge in [-0.1, -0.05) is 42.5 Å². The molecule has 1 aromatic heterocycles. The number of benzene rings is 1. The van der Waals surface area contributed by atoms with Crippen molar-refractivity contribution in [2.45, 2.75) is 50.6 Å². The van der Waals surface area contributed by atoms with E-state index in [9.17, 15) is 18.0 Å². The van der Waals surface area contributed by atoms with Crippen LogP contribution < -0.4 is 0 Å². The second kappa shape index (κ2) is 7.89. The molecule has 4 rings (SSSR count). The molecule has 4 nitrogen and oxygen atoms in total. The Bertz CT molecular complexity index is 912. The van der Waals surface area contributed by atoms with Crippen LogP contribution in [0.15, 0.2) is 54.7 Å². The highest BCUT2D eigenvalue weighted by atomic mass is 19.4. The molecule has 0 spiro atoms. The number of carbonyl (C=O) groups excluding carboxylic acids is 1. The van der Waals surface area contributed by atoms with Gasteiger partial charge in [0.2, 0.25) is 0 Å². The summed E-state index contributed by atoms with van der Waals surface area (Å²) in [4.78, 5) is 18.0. The first-order valence-corrected chi connectivity index (χ1v) is 9.66. The SMILES string of the molecule is O=C(OCc1ccccc1)N1C2C=C(c3cccnc3C(F)(F)F)CC1CCC2. The van der Waals surface area contributed by atoms with Crippen molar-refractivity contribution in [3.05, 3.63) is 71.6 Å². The molecule has 2 aromatic rings. The van der Waals surface area contributed by atoms with Gasteiger partial charge in [0, 0.05) is 17.8 Å². The van der Waals surface area contributed by atoms with E-state index in [1.54, 1.807) is 11.0 Å². The second-order valence-electron chi connectivity index (χ2n) is 7.39. The van der Waals surface area contributed by atoms with E-state index in [1.807, 2.05) is 30.3 Å². The molecule has 152 valence electrons. The fraction of sp³-hybridized carbons (Fsp3) is 0.364. The molecule has 0 aliphatic carbocycles. The first-order chi connectivity index (χ1) is 13.9. The predicted molar refractivity (Wildman–Crippen MR) is 102 cm³/mol. The second-order valence-corrected chi connectivity index (χ2v) is 7.39. The quantitative estimate of drug-likeness (QED) is 0.686. The van der Waals surface area contributed by atoms with E-state index in [4.69, 9.17) is 4.74 Å². The number of halogens is 3. The standard InChI is InChI=1S/C22H21F3N2O2/c23-22(24,25)20-19(10-5-11-26-20)16-12-17-8-4-9-18(13-16)27(17)21(28)29-14-15-6-2-1-3-7-15/h1-3,5-7,10-12,17-18H,4,8-9,13-14H2. The average molecular weight is 402 g/mol. The summed E-state index contributed by atoms with van der Waals surface area (Å²) in [5.41, 5.74) is 0.732. The number of carbonyl (C=O) groups is 1. The lowest BCUT2D eigenvalue weighted by Crippen LogP contribution is -2.51. The van der Waals surface area contributed by atoms with Crippen LogP contribution in [0, 0.1) is 0 Å². The van der Waals surface area contributed by atoms with Crippen LogP contribution in [0.5, 0.6) is 0 Å². The number of amides is 1. The summed E-state index contributed by atoms with van der Waals surface area (Å²) in [6.07, 6.45) is 0.763. The first kappa shape index (κ1) is 19.5. The minimum absolute atomic E-state index is 0.106. The Hall–Kier alpha value is -2.83. The molecule has 2 unspecified atom stereocenters. The zero-order valence-electron chi connectivity index (χ0n) is 15.7. The van der Waals surface area contributed by atoms with Gasteiger partial charge in [0.25, 0.3) is 0 Å². The van der Waals surface area contributed by atoms with E-state index in [0.717, 1.165) is 24.6 Å².